The number of fused-ring (bicyclic) bond motifs is 1. The summed E-state index contributed by atoms with van der Waals surface area (Å²) in [4.78, 5) is 0. The van der Waals surface area contributed by atoms with Crippen LogP contribution < -0.4 is 9.47 Å². The number of ether oxygens (including phenoxy) is 2. The van der Waals surface area contributed by atoms with Crippen molar-refractivity contribution in [2.45, 2.75) is 59.3 Å². The molecule has 0 saturated heterocycles. The number of benzene rings is 2. The highest BCUT2D eigenvalue weighted by Gasteiger charge is 2.09. The molecule has 3 heteroatoms. The first-order valence-corrected chi connectivity index (χ1v) is 11.2. The van der Waals surface area contributed by atoms with Gasteiger partial charge in [0.1, 0.15) is 11.5 Å². The van der Waals surface area contributed by atoms with Gasteiger partial charge in [0, 0.05) is 5.33 Å². The second kappa shape index (κ2) is 11.5. The molecule has 0 aliphatic heterocycles. The van der Waals surface area contributed by atoms with E-state index >= 15 is 0 Å². The summed E-state index contributed by atoms with van der Waals surface area (Å²) in [6, 6.07) is 10.6. The predicted octanol–water partition coefficient (Wildman–Crippen LogP) is 7.30. The van der Waals surface area contributed by atoms with E-state index in [1.807, 2.05) is 0 Å². The van der Waals surface area contributed by atoms with Gasteiger partial charge in [0.05, 0.1) is 13.2 Å². The zero-order valence-corrected chi connectivity index (χ0v) is 18.1. The summed E-state index contributed by atoms with van der Waals surface area (Å²) in [5.74, 6) is 2.62. The number of unbranched alkanes of at least 4 members (excludes halogenated alkanes) is 2. The molecule has 0 bridgehead atoms. The van der Waals surface area contributed by atoms with Crippen LogP contribution in [-0.4, -0.2) is 18.5 Å². The van der Waals surface area contributed by atoms with Gasteiger partial charge in [0.15, 0.2) is 0 Å². The van der Waals surface area contributed by atoms with Crippen LogP contribution in [0.5, 0.6) is 11.5 Å². The van der Waals surface area contributed by atoms with E-state index in [9.17, 15) is 0 Å². The zero-order valence-electron chi connectivity index (χ0n) is 16.5. The van der Waals surface area contributed by atoms with Crippen LogP contribution >= 0.6 is 15.9 Å². The van der Waals surface area contributed by atoms with Gasteiger partial charge in [-0.05, 0) is 66.6 Å². The maximum atomic E-state index is 6.09. The second-order valence-electron chi connectivity index (χ2n) is 7.04. The molecule has 2 nitrogen and oxygen atoms in total. The van der Waals surface area contributed by atoms with E-state index in [1.54, 1.807) is 0 Å². The molecular weight excluding hydrogens is 388 g/mol. The van der Waals surface area contributed by atoms with Crippen molar-refractivity contribution < 1.29 is 9.47 Å². The van der Waals surface area contributed by atoms with Crippen LogP contribution in [0.25, 0.3) is 10.8 Å². The fraction of sp³-hybridized carbons (Fsp3) is 0.565. The smallest absolute Gasteiger partial charge is 0.122 e. The number of hydrogen-bond acceptors (Lipinski definition) is 2. The van der Waals surface area contributed by atoms with Gasteiger partial charge in [0.25, 0.3) is 0 Å². The first-order chi connectivity index (χ1) is 12.7. The SMILES string of the molecule is CCCCC(CC)COc1ccc2c(C)c(OCCCCBr)ccc2c1. The Morgan fingerprint density at radius 3 is 2.58 bits per heavy atom. The van der Waals surface area contributed by atoms with Gasteiger partial charge in [-0.15, -0.1) is 0 Å². The van der Waals surface area contributed by atoms with Crippen molar-refractivity contribution in [3.63, 3.8) is 0 Å². The van der Waals surface area contributed by atoms with Crippen molar-refractivity contribution in [3.05, 3.63) is 35.9 Å². The van der Waals surface area contributed by atoms with Crippen LogP contribution in [0.4, 0.5) is 0 Å². The fourth-order valence-corrected chi connectivity index (χ4v) is 3.58. The van der Waals surface area contributed by atoms with Crippen LogP contribution in [0.1, 0.15) is 57.9 Å². The number of alkyl halides is 1. The third-order valence-corrected chi connectivity index (χ3v) is 5.59. The summed E-state index contributed by atoms with van der Waals surface area (Å²) in [7, 11) is 0. The summed E-state index contributed by atoms with van der Waals surface area (Å²) >= 11 is 3.46. The van der Waals surface area contributed by atoms with E-state index in [4.69, 9.17) is 9.47 Å². The molecule has 0 N–H and O–H groups in total. The van der Waals surface area contributed by atoms with Crippen molar-refractivity contribution in [1.29, 1.82) is 0 Å². The molecule has 0 aliphatic carbocycles. The normalized spacial score (nSPS) is 12.3. The molecule has 0 spiro atoms. The first-order valence-electron chi connectivity index (χ1n) is 10.0. The quantitative estimate of drug-likeness (QED) is 0.264. The Hall–Kier alpha value is -1.22. The minimum atomic E-state index is 0.655. The van der Waals surface area contributed by atoms with Crippen molar-refractivity contribution in [3.8, 4) is 11.5 Å². The second-order valence-corrected chi connectivity index (χ2v) is 7.84. The zero-order chi connectivity index (χ0) is 18.8. The molecule has 0 aliphatic rings. The van der Waals surface area contributed by atoms with Crippen molar-refractivity contribution in [2.75, 3.05) is 18.5 Å². The summed E-state index contributed by atoms with van der Waals surface area (Å²) < 4.78 is 12.0. The molecule has 144 valence electrons. The lowest BCUT2D eigenvalue weighted by Gasteiger charge is -2.16. The van der Waals surface area contributed by atoms with Gasteiger partial charge < -0.3 is 9.47 Å². The Morgan fingerprint density at radius 1 is 1.00 bits per heavy atom. The topological polar surface area (TPSA) is 18.5 Å². The number of rotatable bonds is 12. The summed E-state index contributed by atoms with van der Waals surface area (Å²) in [6.07, 6.45) is 7.21. The molecule has 1 atom stereocenters. The average Bonchev–Trinajstić information content (AvgIpc) is 2.67. The summed E-state index contributed by atoms with van der Waals surface area (Å²) in [5, 5.41) is 3.50. The molecule has 26 heavy (non-hydrogen) atoms. The van der Waals surface area contributed by atoms with Gasteiger partial charge in [0.2, 0.25) is 0 Å². The van der Waals surface area contributed by atoms with Gasteiger partial charge >= 0.3 is 0 Å². The first kappa shape index (κ1) is 21.1. The third-order valence-electron chi connectivity index (χ3n) is 5.03. The molecule has 0 heterocycles. The Morgan fingerprint density at radius 2 is 1.85 bits per heavy atom. The van der Waals surface area contributed by atoms with Crippen LogP contribution in [0, 0.1) is 12.8 Å². The van der Waals surface area contributed by atoms with Gasteiger partial charge in [-0.2, -0.15) is 0 Å². The highest BCUT2D eigenvalue weighted by molar-refractivity contribution is 9.09. The standard InChI is InChI=1S/C23H33BrO2/c1-4-6-9-19(5-2)17-26-21-11-12-22-18(3)23(13-10-20(22)16-21)25-15-8-7-14-24/h10-13,16,19H,4-9,14-15,17H2,1-3H3. The monoisotopic (exact) mass is 420 g/mol. The summed E-state index contributed by atoms with van der Waals surface area (Å²) in [5.41, 5.74) is 1.21. The molecule has 1 unspecified atom stereocenters. The summed E-state index contributed by atoms with van der Waals surface area (Å²) in [6.45, 7) is 8.23. The van der Waals surface area contributed by atoms with E-state index in [-0.39, 0.29) is 0 Å². The van der Waals surface area contributed by atoms with E-state index in [0.717, 1.165) is 42.9 Å². The average molecular weight is 421 g/mol. The van der Waals surface area contributed by atoms with Crippen molar-refractivity contribution in [1.82, 2.24) is 0 Å². The Kier molecular flexibility index (Phi) is 9.31. The van der Waals surface area contributed by atoms with Crippen LogP contribution in [0.3, 0.4) is 0 Å². The highest BCUT2D eigenvalue weighted by atomic mass is 79.9. The van der Waals surface area contributed by atoms with Crippen molar-refractivity contribution in [2.24, 2.45) is 5.92 Å². The third kappa shape index (κ3) is 6.19. The van der Waals surface area contributed by atoms with Crippen LogP contribution in [0.2, 0.25) is 0 Å². The molecule has 2 aromatic rings. The number of halogens is 1. The molecule has 0 aromatic heterocycles. The lowest BCUT2D eigenvalue weighted by atomic mass is 10.0. The minimum Gasteiger partial charge on any atom is -0.493 e. The molecular formula is C23H33BrO2. The van der Waals surface area contributed by atoms with Crippen LogP contribution in [-0.2, 0) is 0 Å². The number of aryl methyl sites for hydroxylation is 1. The number of hydrogen-bond donors (Lipinski definition) is 0. The highest BCUT2D eigenvalue weighted by Crippen LogP contribution is 2.30. The predicted molar refractivity (Wildman–Crippen MR) is 116 cm³/mol. The van der Waals surface area contributed by atoms with E-state index in [2.05, 4.69) is 67.0 Å². The van der Waals surface area contributed by atoms with E-state index in [0.29, 0.717) is 5.92 Å². The molecule has 2 aromatic carbocycles. The Bertz CT molecular complexity index is 669. The van der Waals surface area contributed by atoms with E-state index in [1.165, 1.54) is 42.0 Å². The van der Waals surface area contributed by atoms with Crippen LogP contribution in [0.15, 0.2) is 30.3 Å². The lowest BCUT2D eigenvalue weighted by Crippen LogP contribution is -2.11. The van der Waals surface area contributed by atoms with Gasteiger partial charge in [-0.3, -0.25) is 0 Å². The maximum Gasteiger partial charge on any atom is 0.122 e. The van der Waals surface area contributed by atoms with Crippen molar-refractivity contribution >= 4 is 26.7 Å². The molecule has 0 fully saturated rings. The fourth-order valence-electron chi connectivity index (χ4n) is 3.18. The molecule has 0 saturated carbocycles. The van der Waals surface area contributed by atoms with Gasteiger partial charge in [-0.1, -0.05) is 61.2 Å². The molecule has 2 rings (SSSR count). The Balaban J connectivity index is 2.02. The molecule has 0 radical (unpaired) electrons. The minimum absolute atomic E-state index is 0.655. The lowest BCUT2D eigenvalue weighted by molar-refractivity contribution is 0.233. The maximum absolute atomic E-state index is 6.09. The Labute approximate surface area is 167 Å². The molecule has 0 amide bonds. The van der Waals surface area contributed by atoms with E-state index < -0.39 is 0 Å². The van der Waals surface area contributed by atoms with Gasteiger partial charge in [-0.25, -0.2) is 0 Å². The largest absolute Gasteiger partial charge is 0.493 e.